The molecule has 1 heterocycles. The third kappa shape index (κ3) is 4.14. The average Bonchev–Trinajstić information content (AvgIpc) is 2.48. The predicted octanol–water partition coefficient (Wildman–Crippen LogP) is 2.73. The van der Waals surface area contributed by atoms with Gasteiger partial charge in [0, 0.05) is 18.3 Å². The average molecular weight is 310 g/mol. The van der Waals surface area contributed by atoms with Gasteiger partial charge in [0.25, 0.3) is 0 Å². The van der Waals surface area contributed by atoms with Crippen LogP contribution < -0.4 is 10.6 Å². The van der Waals surface area contributed by atoms with E-state index in [0.717, 1.165) is 0 Å². The highest BCUT2D eigenvalue weighted by atomic mass is 35.5. The summed E-state index contributed by atoms with van der Waals surface area (Å²) in [5, 5.41) is 14.9. The molecule has 0 bridgehead atoms. The highest BCUT2D eigenvalue weighted by molar-refractivity contribution is 6.32. The molecule has 0 saturated heterocycles. The van der Waals surface area contributed by atoms with Gasteiger partial charge in [0.15, 0.2) is 5.15 Å². The number of halogens is 2. The van der Waals surface area contributed by atoms with Gasteiger partial charge in [0.1, 0.15) is 5.82 Å². The second-order valence-electron chi connectivity index (χ2n) is 4.21. The van der Waals surface area contributed by atoms with Gasteiger partial charge in [0.05, 0.1) is 11.8 Å². The maximum absolute atomic E-state index is 13.5. The summed E-state index contributed by atoms with van der Waals surface area (Å²) in [6.45, 7) is -0.134. The summed E-state index contributed by atoms with van der Waals surface area (Å²) in [5.41, 5.74) is 0.467. The molecule has 1 aromatic carbocycles. The van der Waals surface area contributed by atoms with E-state index in [9.17, 15) is 14.3 Å². The Hall–Kier alpha value is -2.18. The smallest absolute Gasteiger partial charge is 0.319 e. The fourth-order valence-corrected chi connectivity index (χ4v) is 1.86. The first-order chi connectivity index (χ1) is 10.1. The largest absolute Gasteiger partial charge is 0.386 e. The molecular weight excluding hydrogens is 297 g/mol. The monoisotopic (exact) mass is 309 g/mol. The van der Waals surface area contributed by atoms with Crippen molar-refractivity contribution >= 4 is 23.3 Å². The van der Waals surface area contributed by atoms with Crippen LogP contribution in [-0.4, -0.2) is 22.7 Å². The van der Waals surface area contributed by atoms with Crippen molar-refractivity contribution in [2.24, 2.45) is 0 Å². The van der Waals surface area contributed by atoms with E-state index in [2.05, 4.69) is 15.6 Å². The van der Waals surface area contributed by atoms with Crippen molar-refractivity contribution in [1.29, 1.82) is 0 Å². The summed E-state index contributed by atoms with van der Waals surface area (Å²) in [5.74, 6) is -0.525. The Labute approximate surface area is 125 Å². The van der Waals surface area contributed by atoms with Crippen LogP contribution >= 0.6 is 11.6 Å². The van der Waals surface area contributed by atoms with Crippen molar-refractivity contribution in [1.82, 2.24) is 10.3 Å². The van der Waals surface area contributed by atoms with Gasteiger partial charge < -0.3 is 15.7 Å². The first-order valence-electron chi connectivity index (χ1n) is 6.16. The highest BCUT2D eigenvalue weighted by Crippen LogP contribution is 2.18. The second kappa shape index (κ2) is 7.01. The maximum Gasteiger partial charge on any atom is 0.319 e. The molecule has 1 aromatic heterocycles. The number of aromatic nitrogens is 1. The summed E-state index contributed by atoms with van der Waals surface area (Å²) in [6.07, 6.45) is 0.356. The summed E-state index contributed by atoms with van der Waals surface area (Å²) in [6, 6.07) is 8.47. The Bertz CT molecular complexity index is 639. The molecule has 5 nitrogen and oxygen atoms in total. The number of pyridine rings is 1. The zero-order valence-electron chi connectivity index (χ0n) is 10.9. The van der Waals surface area contributed by atoms with Gasteiger partial charge in [-0.3, -0.25) is 0 Å². The van der Waals surface area contributed by atoms with Crippen LogP contribution in [0.1, 0.15) is 11.7 Å². The maximum atomic E-state index is 13.5. The Kier molecular flexibility index (Phi) is 5.08. The number of rotatable bonds is 4. The van der Waals surface area contributed by atoms with Crippen LogP contribution in [0.5, 0.6) is 0 Å². The number of carbonyl (C=O) groups is 1. The predicted molar refractivity (Wildman–Crippen MR) is 77.6 cm³/mol. The number of aliphatic hydroxyl groups excluding tert-OH is 1. The Balaban J connectivity index is 1.90. The molecule has 0 aliphatic rings. The Morgan fingerprint density at radius 1 is 1.33 bits per heavy atom. The lowest BCUT2D eigenvalue weighted by atomic mass is 10.1. The lowest BCUT2D eigenvalue weighted by molar-refractivity contribution is 0.170. The third-order valence-corrected chi connectivity index (χ3v) is 3.03. The molecular formula is C14H13ClFN3O2. The lowest BCUT2D eigenvalue weighted by Gasteiger charge is -2.13. The molecule has 21 heavy (non-hydrogen) atoms. The fourth-order valence-electron chi connectivity index (χ4n) is 1.69. The number of hydrogen-bond acceptors (Lipinski definition) is 3. The van der Waals surface area contributed by atoms with Crippen molar-refractivity contribution in [2.45, 2.75) is 6.10 Å². The molecule has 0 radical (unpaired) electrons. The van der Waals surface area contributed by atoms with Crippen molar-refractivity contribution in [3.63, 3.8) is 0 Å². The number of aliphatic hydroxyl groups is 1. The molecule has 0 spiro atoms. The van der Waals surface area contributed by atoms with E-state index in [-0.39, 0.29) is 17.3 Å². The molecule has 0 fully saturated rings. The molecule has 3 N–H and O–H groups in total. The molecule has 1 unspecified atom stereocenters. The van der Waals surface area contributed by atoms with Gasteiger partial charge in [-0.25, -0.2) is 14.2 Å². The van der Waals surface area contributed by atoms with Gasteiger partial charge in [-0.2, -0.15) is 0 Å². The number of amides is 2. The van der Waals surface area contributed by atoms with E-state index < -0.39 is 18.0 Å². The van der Waals surface area contributed by atoms with E-state index in [4.69, 9.17) is 11.6 Å². The van der Waals surface area contributed by atoms with Crippen LogP contribution in [0.2, 0.25) is 5.15 Å². The van der Waals surface area contributed by atoms with Crippen molar-refractivity contribution < 1.29 is 14.3 Å². The minimum atomic E-state index is -1.14. The summed E-state index contributed by atoms with van der Waals surface area (Å²) in [7, 11) is 0. The SMILES string of the molecule is O=C(NCC(O)c1ccccc1F)Nc1cccnc1Cl. The number of nitrogens with zero attached hydrogens (tertiary/aromatic N) is 1. The van der Waals surface area contributed by atoms with Gasteiger partial charge in [-0.05, 0) is 18.2 Å². The van der Waals surface area contributed by atoms with Crippen molar-refractivity contribution in [2.75, 3.05) is 11.9 Å². The van der Waals surface area contributed by atoms with Gasteiger partial charge in [-0.15, -0.1) is 0 Å². The molecule has 110 valence electrons. The van der Waals surface area contributed by atoms with Crippen molar-refractivity contribution in [3.8, 4) is 0 Å². The van der Waals surface area contributed by atoms with E-state index in [0.29, 0.717) is 5.69 Å². The van der Waals surface area contributed by atoms with Crippen LogP contribution in [0.15, 0.2) is 42.6 Å². The number of benzene rings is 1. The molecule has 2 amide bonds. The minimum absolute atomic E-state index is 0.122. The lowest BCUT2D eigenvalue weighted by Crippen LogP contribution is -2.32. The van der Waals surface area contributed by atoms with Crippen LogP contribution in [0.3, 0.4) is 0 Å². The van der Waals surface area contributed by atoms with Crippen LogP contribution in [0.25, 0.3) is 0 Å². The Morgan fingerprint density at radius 3 is 2.81 bits per heavy atom. The van der Waals surface area contributed by atoms with Crippen LogP contribution in [0, 0.1) is 5.82 Å². The summed E-state index contributed by atoms with van der Waals surface area (Å²) in [4.78, 5) is 15.5. The summed E-state index contributed by atoms with van der Waals surface area (Å²) >= 11 is 5.80. The zero-order valence-corrected chi connectivity index (χ0v) is 11.6. The minimum Gasteiger partial charge on any atom is -0.386 e. The number of urea groups is 1. The number of hydrogen-bond donors (Lipinski definition) is 3. The fraction of sp³-hybridized carbons (Fsp3) is 0.143. The first kappa shape index (κ1) is 15.2. The normalized spacial score (nSPS) is 11.8. The second-order valence-corrected chi connectivity index (χ2v) is 4.57. The van der Waals surface area contributed by atoms with Crippen LogP contribution in [0.4, 0.5) is 14.9 Å². The van der Waals surface area contributed by atoms with E-state index in [1.165, 1.54) is 24.4 Å². The molecule has 0 aliphatic heterocycles. The number of carbonyl (C=O) groups excluding carboxylic acids is 1. The third-order valence-electron chi connectivity index (χ3n) is 2.73. The molecule has 0 aliphatic carbocycles. The van der Waals surface area contributed by atoms with Gasteiger partial charge >= 0.3 is 6.03 Å². The highest BCUT2D eigenvalue weighted by Gasteiger charge is 2.13. The topological polar surface area (TPSA) is 74.2 Å². The van der Waals surface area contributed by atoms with E-state index >= 15 is 0 Å². The molecule has 2 rings (SSSR count). The quantitative estimate of drug-likeness (QED) is 0.760. The molecule has 7 heteroatoms. The van der Waals surface area contributed by atoms with Crippen LogP contribution in [-0.2, 0) is 0 Å². The van der Waals surface area contributed by atoms with E-state index in [1.54, 1.807) is 18.2 Å². The molecule has 2 aromatic rings. The van der Waals surface area contributed by atoms with E-state index in [1.807, 2.05) is 0 Å². The number of anilines is 1. The van der Waals surface area contributed by atoms with Crippen molar-refractivity contribution in [3.05, 3.63) is 59.1 Å². The Morgan fingerprint density at radius 2 is 2.10 bits per heavy atom. The zero-order chi connectivity index (χ0) is 15.2. The first-order valence-corrected chi connectivity index (χ1v) is 6.53. The number of nitrogens with one attached hydrogen (secondary N) is 2. The molecule has 1 atom stereocenters. The summed E-state index contributed by atoms with van der Waals surface area (Å²) < 4.78 is 13.5. The molecule has 0 saturated carbocycles. The van der Waals surface area contributed by atoms with Gasteiger partial charge in [0.2, 0.25) is 0 Å². The standard InChI is InChI=1S/C14H13ClFN3O2/c15-13-11(6-3-7-17-13)19-14(21)18-8-12(20)9-4-1-2-5-10(9)16/h1-7,12,20H,8H2,(H2,18,19,21). The van der Waals surface area contributed by atoms with Gasteiger partial charge in [-0.1, -0.05) is 29.8 Å².